The molecule has 0 radical (unpaired) electrons. The van der Waals surface area contributed by atoms with Crippen LogP contribution in [0.15, 0.2) is 0 Å². The summed E-state index contributed by atoms with van der Waals surface area (Å²) in [7, 11) is 0. The van der Waals surface area contributed by atoms with E-state index in [1.54, 1.807) is 0 Å². The molecule has 24 heavy (non-hydrogen) atoms. The molecule has 1 atom stereocenters. The van der Waals surface area contributed by atoms with Gasteiger partial charge in [-0.05, 0) is 68.7 Å². The van der Waals surface area contributed by atoms with Crippen LogP contribution < -0.4 is 0 Å². The number of hydrogen-bond donors (Lipinski definition) is 0. The Kier molecular flexibility index (Phi) is 7.01. The zero-order chi connectivity index (χ0) is 18.8. The van der Waals surface area contributed by atoms with Gasteiger partial charge in [-0.15, -0.1) is 0 Å². The number of rotatable bonds is 7. The van der Waals surface area contributed by atoms with Gasteiger partial charge in [-0.3, -0.25) is 0 Å². The zero-order valence-electron chi connectivity index (χ0n) is 18.4. The summed E-state index contributed by atoms with van der Waals surface area (Å²) in [6.07, 6.45) is 3.95. The second-order valence-corrected chi connectivity index (χ2v) is 11.8. The van der Waals surface area contributed by atoms with Crippen LogP contribution in [0.1, 0.15) is 88.5 Å². The predicted molar refractivity (Wildman–Crippen MR) is 107 cm³/mol. The summed E-state index contributed by atoms with van der Waals surface area (Å²) >= 11 is 0. The Morgan fingerprint density at radius 2 is 1.46 bits per heavy atom. The number of likely N-dealkylation sites (tertiary alicyclic amines) is 1. The smallest absolute Gasteiger partial charge is 0.0600 e. The van der Waals surface area contributed by atoms with E-state index in [-0.39, 0.29) is 5.60 Å². The van der Waals surface area contributed by atoms with Crippen LogP contribution in [0.5, 0.6) is 0 Å². The summed E-state index contributed by atoms with van der Waals surface area (Å²) in [5.74, 6) is 0.811. The molecular formula is C22H45NO. The molecule has 1 saturated heterocycles. The maximum Gasteiger partial charge on any atom is 0.0600 e. The highest BCUT2D eigenvalue weighted by Gasteiger charge is 2.39. The first-order valence-electron chi connectivity index (χ1n) is 9.96. The second-order valence-electron chi connectivity index (χ2n) is 11.8. The molecular weight excluding hydrogens is 294 g/mol. The molecule has 0 bridgehead atoms. The van der Waals surface area contributed by atoms with Crippen molar-refractivity contribution in [3.63, 3.8) is 0 Å². The first kappa shape index (κ1) is 22.0. The molecule has 0 aromatic heterocycles. The number of ether oxygens (including phenoxy) is 1. The van der Waals surface area contributed by atoms with Gasteiger partial charge < -0.3 is 9.64 Å². The Bertz CT molecular complexity index is 384. The molecule has 0 aromatic rings. The second kappa shape index (κ2) is 7.66. The van der Waals surface area contributed by atoms with Crippen molar-refractivity contribution in [3.8, 4) is 0 Å². The summed E-state index contributed by atoms with van der Waals surface area (Å²) in [6.45, 7) is 27.9. The third kappa shape index (κ3) is 8.34. The van der Waals surface area contributed by atoms with E-state index in [9.17, 15) is 0 Å². The fourth-order valence-electron chi connectivity index (χ4n) is 5.03. The van der Waals surface area contributed by atoms with E-state index < -0.39 is 0 Å². The fraction of sp³-hybridized carbons (Fsp3) is 1.00. The summed E-state index contributed by atoms with van der Waals surface area (Å²) in [6, 6.07) is 0. The van der Waals surface area contributed by atoms with E-state index in [2.05, 4.69) is 74.1 Å². The van der Waals surface area contributed by atoms with Crippen molar-refractivity contribution >= 4 is 0 Å². The Labute approximate surface area is 152 Å². The maximum absolute atomic E-state index is 5.91. The molecule has 1 rings (SSSR count). The van der Waals surface area contributed by atoms with Crippen LogP contribution in [-0.2, 0) is 4.74 Å². The zero-order valence-corrected chi connectivity index (χ0v) is 18.4. The minimum atomic E-state index is -0.0185. The standard InChI is InChI=1S/C22H45NO/c1-19(2,3)16-21(7,8)17-22(9,10)18-11-12-23(15-18)13-14-24-20(4,5)6/h18H,11-17H2,1-10H3. The third-order valence-corrected chi connectivity index (χ3v) is 5.26. The van der Waals surface area contributed by atoms with E-state index in [4.69, 9.17) is 4.74 Å². The van der Waals surface area contributed by atoms with Gasteiger partial charge in [-0.25, -0.2) is 0 Å². The van der Waals surface area contributed by atoms with Crippen LogP contribution in [0.2, 0.25) is 0 Å². The van der Waals surface area contributed by atoms with Crippen molar-refractivity contribution in [2.24, 2.45) is 22.2 Å². The highest BCUT2D eigenvalue weighted by atomic mass is 16.5. The average molecular weight is 340 g/mol. The topological polar surface area (TPSA) is 12.5 Å². The molecule has 144 valence electrons. The van der Waals surface area contributed by atoms with Crippen LogP contribution >= 0.6 is 0 Å². The van der Waals surface area contributed by atoms with Gasteiger partial charge >= 0.3 is 0 Å². The highest BCUT2D eigenvalue weighted by molar-refractivity contribution is 4.91. The largest absolute Gasteiger partial charge is 0.375 e. The molecule has 0 aliphatic carbocycles. The van der Waals surface area contributed by atoms with Gasteiger partial charge in [0.1, 0.15) is 0 Å². The first-order chi connectivity index (χ1) is 10.6. The van der Waals surface area contributed by atoms with E-state index in [0.29, 0.717) is 16.2 Å². The summed E-state index contributed by atoms with van der Waals surface area (Å²) < 4.78 is 5.91. The molecule has 2 heteroatoms. The molecule has 1 unspecified atom stereocenters. The lowest BCUT2D eigenvalue weighted by Gasteiger charge is -2.42. The van der Waals surface area contributed by atoms with Gasteiger partial charge in [0, 0.05) is 13.1 Å². The Morgan fingerprint density at radius 3 is 1.96 bits per heavy atom. The molecule has 1 aliphatic rings. The van der Waals surface area contributed by atoms with E-state index in [0.717, 1.165) is 19.1 Å². The fourth-order valence-corrected chi connectivity index (χ4v) is 5.03. The van der Waals surface area contributed by atoms with Gasteiger partial charge in [-0.1, -0.05) is 48.5 Å². The van der Waals surface area contributed by atoms with E-state index in [1.807, 2.05) is 0 Å². The van der Waals surface area contributed by atoms with Gasteiger partial charge in [-0.2, -0.15) is 0 Å². The van der Waals surface area contributed by atoms with Gasteiger partial charge in [0.2, 0.25) is 0 Å². The highest BCUT2D eigenvalue weighted by Crippen LogP contribution is 2.46. The van der Waals surface area contributed by atoms with E-state index in [1.165, 1.54) is 32.4 Å². The minimum Gasteiger partial charge on any atom is -0.375 e. The van der Waals surface area contributed by atoms with Crippen LogP contribution in [0.25, 0.3) is 0 Å². The number of nitrogens with zero attached hydrogens (tertiary/aromatic N) is 1. The maximum atomic E-state index is 5.91. The Balaban J connectivity index is 2.51. The van der Waals surface area contributed by atoms with Crippen molar-refractivity contribution in [1.29, 1.82) is 0 Å². The van der Waals surface area contributed by atoms with Crippen molar-refractivity contribution in [3.05, 3.63) is 0 Å². The predicted octanol–water partition coefficient (Wildman–Crippen LogP) is 6.00. The minimum absolute atomic E-state index is 0.0185. The lowest BCUT2D eigenvalue weighted by molar-refractivity contribution is -0.0121. The molecule has 0 spiro atoms. The molecule has 0 aromatic carbocycles. The van der Waals surface area contributed by atoms with Crippen molar-refractivity contribution in [2.75, 3.05) is 26.2 Å². The summed E-state index contributed by atoms with van der Waals surface area (Å²) in [5, 5.41) is 0. The van der Waals surface area contributed by atoms with Crippen molar-refractivity contribution in [2.45, 2.75) is 94.1 Å². The van der Waals surface area contributed by atoms with Crippen molar-refractivity contribution in [1.82, 2.24) is 4.90 Å². The quantitative estimate of drug-likeness (QED) is 0.564. The summed E-state index contributed by atoms with van der Waals surface area (Å²) in [4.78, 5) is 2.61. The van der Waals surface area contributed by atoms with Crippen LogP contribution in [0, 0.1) is 22.2 Å². The van der Waals surface area contributed by atoms with Crippen LogP contribution in [-0.4, -0.2) is 36.7 Å². The van der Waals surface area contributed by atoms with Gasteiger partial charge in [0.15, 0.2) is 0 Å². The number of hydrogen-bond acceptors (Lipinski definition) is 2. The molecule has 1 heterocycles. The van der Waals surface area contributed by atoms with Gasteiger partial charge in [0.05, 0.1) is 12.2 Å². The lowest BCUT2D eigenvalue weighted by atomic mass is 9.64. The van der Waals surface area contributed by atoms with Gasteiger partial charge in [0.25, 0.3) is 0 Å². The normalized spacial score (nSPS) is 21.5. The molecule has 2 nitrogen and oxygen atoms in total. The SMILES string of the molecule is CC(C)(C)CC(C)(C)CC(C)(C)C1CCN(CCOC(C)(C)C)C1. The average Bonchev–Trinajstić information content (AvgIpc) is 2.71. The van der Waals surface area contributed by atoms with Crippen LogP contribution in [0.4, 0.5) is 0 Å². The van der Waals surface area contributed by atoms with Crippen molar-refractivity contribution < 1.29 is 4.74 Å². The molecule has 0 N–H and O–H groups in total. The van der Waals surface area contributed by atoms with Crippen LogP contribution in [0.3, 0.4) is 0 Å². The third-order valence-electron chi connectivity index (χ3n) is 5.26. The van der Waals surface area contributed by atoms with E-state index >= 15 is 0 Å². The molecule has 1 fully saturated rings. The molecule has 0 amide bonds. The first-order valence-corrected chi connectivity index (χ1v) is 9.96. The Hall–Kier alpha value is -0.0800. The summed E-state index contributed by atoms with van der Waals surface area (Å²) in [5.41, 5.74) is 1.21. The monoisotopic (exact) mass is 339 g/mol. The Morgan fingerprint density at radius 1 is 0.875 bits per heavy atom. The molecule has 1 aliphatic heterocycles. The lowest BCUT2D eigenvalue weighted by Crippen LogP contribution is -2.35. The molecule has 0 saturated carbocycles.